The second-order valence-electron chi connectivity index (χ2n) is 5.86. The molecule has 1 atom stereocenters. The number of hydrogen-bond acceptors (Lipinski definition) is 2. The molecule has 0 aromatic heterocycles. The molecule has 2 rings (SSSR count). The standard InChI is InChI=1S/C19H25N3O/c1-5-15-6-8-16(9-7-15)14(2)20-19(23)21-17-10-12-18(13-11-17)22(3)4/h6-14H,5H2,1-4H3,(H2,20,21,23). The van der Waals surface area contributed by atoms with Crippen LogP contribution in [0.1, 0.15) is 31.0 Å². The van der Waals surface area contributed by atoms with Gasteiger partial charge in [-0.2, -0.15) is 0 Å². The summed E-state index contributed by atoms with van der Waals surface area (Å²) in [7, 11) is 3.97. The highest BCUT2D eigenvalue weighted by Crippen LogP contribution is 2.17. The maximum atomic E-state index is 12.1. The number of anilines is 2. The number of nitrogens with one attached hydrogen (secondary N) is 2. The normalized spacial score (nSPS) is 11.7. The average molecular weight is 311 g/mol. The van der Waals surface area contributed by atoms with E-state index in [0.29, 0.717) is 0 Å². The lowest BCUT2D eigenvalue weighted by Crippen LogP contribution is -2.31. The fraction of sp³-hybridized carbons (Fsp3) is 0.316. The van der Waals surface area contributed by atoms with Gasteiger partial charge in [-0.3, -0.25) is 0 Å². The van der Waals surface area contributed by atoms with Gasteiger partial charge in [0, 0.05) is 25.5 Å². The highest BCUT2D eigenvalue weighted by molar-refractivity contribution is 5.89. The minimum absolute atomic E-state index is 0.0399. The van der Waals surface area contributed by atoms with Crippen molar-refractivity contribution >= 4 is 17.4 Å². The first kappa shape index (κ1) is 16.9. The zero-order valence-electron chi connectivity index (χ0n) is 14.3. The Morgan fingerprint density at radius 1 is 1.04 bits per heavy atom. The van der Waals surface area contributed by atoms with Crippen molar-refractivity contribution in [2.75, 3.05) is 24.3 Å². The minimum atomic E-state index is -0.199. The summed E-state index contributed by atoms with van der Waals surface area (Å²) in [5.74, 6) is 0. The maximum Gasteiger partial charge on any atom is 0.319 e. The van der Waals surface area contributed by atoms with Crippen LogP contribution >= 0.6 is 0 Å². The van der Waals surface area contributed by atoms with Crippen molar-refractivity contribution in [3.05, 3.63) is 59.7 Å². The van der Waals surface area contributed by atoms with Crippen molar-refractivity contribution in [2.45, 2.75) is 26.3 Å². The first-order chi connectivity index (χ1) is 11.0. The molecular weight excluding hydrogens is 286 g/mol. The summed E-state index contributed by atoms with van der Waals surface area (Å²) in [4.78, 5) is 14.1. The number of urea groups is 1. The van der Waals surface area contributed by atoms with Gasteiger partial charge in [0.05, 0.1) is 6.04 Å². The average Bonchev–Trinajstić information content (AvgIpc) is 2.55. The molecule has 0 radical (unpaired) electrons. The van der Waals surface area contributed by atoms with Crippen molar-refractivity contribution < 1.29 is 4.79 Å². The van der Waals surface area contributed by atoms with E-state index < -0.39 is 0 Å². The summed E-state index contributed by atoms with van der Waals surface area (Å²) in [5, 5.41) is 5.82. The van der Waals surface area contributed by atoms with Gasteiger partial charge in [-0.05, 0) is 48.7 Å². The molecule has 23 heavy (non-hydrogen) atoms. The Labute approximate surface area is 138 Å². The van der Waals surface area contributed by atoms with Crippen LogP contribution in [0.5, 0.6) is 0 Å². The lowest BCUT2D eigenvalue weighted by molar-refractivity contribution is 0.249. The van der Waals surface area contributed by atoms with Crippen LogP contribution < -0.4 is 15.5 Å². The van der Waals surface area contributed by atoms with E-state index in [2.05, 4.69) is 41.8 Å². The first-order valence-electron chi connectivity index (χ1n) is 7.93. The molecule has 0 aliphatic heterocycles. The molecule has 4 heteroatoms. The first-order valence-corrected chi connectivity index (χ1v) is 7.93. The van der Waals surface area contributed by atoms with Gasteiger partial charge in [-0.25, -0.2) is 4.79 Å². The van der Waals surface area contributed by atoms with E-state index in [1.807, 2.05) is 50.2 Å². The van der Waals surface area contributed by atoms with Crippen LogP contribution in [0.15, 0.2) is 48.5 Å². The van der Waals surface area contributed by atoms with Gasteiger partial charge in [0.15, 0.2) is 0 Å². The van der Waals surface area contributed by atoms with E-state index in [1.54, 1.807) is 0 Å². The summed E-state index contributed by atoms with van der Waals surface area (Å²) >= 11 is 0. The summed E-state index contributed by atoms with van der Waals surface area (Å²) < 4.78 is 0. The number of carbonyl (C=O) groups is 1. The molecule has 2 aromatic carbocycles. The summed E-state index contributed by atoms with van der Waals surface area (Å²) in [6.45, 7) is 4.11. The number of carbonyl (C=O) groups excluding carboxylic acids is 1. The van der Waals surface area contributed by atoms with Crippen LogP contribution in [0.3, 0.4) is 0 Å². The predicted octanol–water partition coefficient (Wildman–Crippen LogP) is 4.20. The zero-order chi connectivity index (χ0) is 16.8. The van der Waals surface area contributed by atoms with Crippen LogP contribution in [0.25, 0.3) is 0 Å². The maximum absolute atomic E-state index is 12.1. The van der Waals surface area contributed by atoms with Gasteiger partial charge in [-0.1, -0.05) is 31.2 Å². The molecular formula is C19H25N3O. The Morgan fingerprint density at radius 2 is 1.65 bits per heavy atom. The van der Waals surface area contributed by atoms with Crippen molar-refractivity contribution in [2.24, 2.45) is 0 Å². The zero-order valence-corrected chi connectivity index (χ0v) is 14.3. The van der Waals surface area contributed by atoms with Gasteiger partial charge < -0.3 is 15.5 Å². The Bertz CT molecular complexity index is 633. The molecule has 2 amide bonds. The van der Waals surface area contributed by atoms with E-state index in [4.69, 9.17) is 0 Å². The lowest BCUT2D eigenvalue weighted by Gasteiger charge is -2.16. The highest BCUT2D eigenvalue weighted by Gasteiger charge is 2.09. The van der Waals surface area contributed by atoms with Gasteiger partial charge in [0.25, 0.3) is 0 Å². The largest absolute Gasteiger partial charge is 0.378 e. The molecule has 0 bridgehead atoms. The fourth-order valence-electron chi connectivity index (χ4n) is 2.33. The second kappa shape index (κ2) is 7.68. The van der Waals surface area contributed by atoms with Crippen LogP contribution in [0.4, 0.5) is 16.2 Å². The van der Waals surface area contributed by atoms with Crippen molar-refractivity contribution in [1.82, 2.24) is 5.32 Å². The Kier molecular flexibility index (Phi) is 5.63. The summed E-state index contributed by atoms with van der Waals surface area (Å²) in [6.07, 6.45) is 1.02. The second-order valence-corrected chi connectivity index (χ2v) is 5.86. The SMILES string of the molecule is CCc1ccc(C(C)NC(=O)Nc2ccc(N(C)C)cc2)cc1. The quantitative estimate of drug-likeness (QED) is 0.869. The van der Waals surface area contributed by atoms with Gasteiger partial charge in [0.2, 0.25) is 0 Å². The van der Waals surface area contributed by atoms with E-state index in [1.165, 1.54) is 5.56 Å². The third kappa shape index (κ3) is 4.74. The molecule has 0 spiro atoms. The highest BCUT2D eigenvalue weighted by atomic mass is 16.2. The fourth-order valence-corrected chi connectivity index (χ4v) is 2.33. The van der Waals surface area contributed by atoms with E-state index in [0.717, 1.165) is 23.4 Å². The van der Waals surface area contributed by atoms with E-state index >= 15 is 0 Å². The van der Waals surface area contributed by atoms with Gasteiger partial charge in [-0.15, -0.1) is 0 Å². The topological polar surface area (TPSA) is 44.4 Å². The third-order valence-corrected chi connectivity index (χ3v) is 3.88. The van der Waals surface area contributed by atoms with Crippen molar-refractivity contribution in [1.29, 1.82) is 0 Å². The molecule has 122 valence electrons. The molecule has 2 N–H and O–H groups in total. The molecule has 0 fully saturated rings. The molecule has 2 aromatic rings. The molecule has 0 aliphatic rings. The number of benzene rings is 2. The molecule has 0 saturated heterocycles. The third-order valence-electron chi connectivity index (χ3n) is 3.88. The summed E-state index contributed by atoms with van der Waals surface area (Å²) in [5.41, 5.74) is 4.27. The molecule has 0 heterocycles. The van der Waals surface area contributed by atoms with Crippen LogP contribution in [0.2, 0.25) is 0 Å². The number of aryl methyl sites for hydroxylation is 1. The minimum Gasteiger partial charge on any atom is -0.378 e. The van der Waals surface area contributed by atoms with Crippen LogP contribution in [-0.4, -0.2) is 20.1 Å². The smallest absolute Gasteiger partial charge is 0.319 e. The van der Waals surface area contributed by atoms with E-state index in [9.17, 15) is 4.79 Å². The Hall–Kier alpha value is -2.49. The van der Waals surface area contributed by atoms with Crippen molar-refractivity contribution in [3.63, 3.8) is 0 Å². The van der Waals surface area contributed by atoms with E-state index in [-0.39, 0.29) is 12.1 Å². The number of hydrogen-bond donors (Lipinski definition) is 2. The monoisotopic (exact) mass is 311 g/mol. The molecule has 4 nitrogen and oxygen atoms in total. The van der Waals surface area contributed by atoms with Crippen molar-refractivity contribution in [3.8, 4) is 0 Å². The van der Waals surface area contributed by atoms with Crippen LogP contribution in [0, 0.1) is 0 Å². The predicted molar refractivity (Wildman–Crippen MR) is 97.2 cm³/mol. The number of rotatable bonds is 5. The molecule has 0 aliphatic carbocycles. The van der Waals surface area contributed by atoms with Gasteiger partial charge >= 0.3 is 6.03 Å². The van der Waals surface area contributed by atoms with Gasteiger partial charge in [0.1, 0.15) is 0 Å². The molecule has 1 unspecified atom stereocenters. The van der Waals surface area contributed by atoms with Crippen LogP contribution in [-0.2, 0) is 6.42 Å². The summed E-state index contributed by atoms with van der Waals surface area (Å²) in [6, 6.07) is 15.8. The number of nitrogens with zero attached hydrogens (tertiary/aromatic N) is 1. The Balaban J connectivity index is 1.92. The lowest BCUT2D eigenvalue weighted by atomic mass is 10.1. The Morgan fingerprint density at radius 3 is 2.17 bits per heavy atom. The number of amides is 2. The molecule has 0 saturated carbocycles.